The molecule has 0 saturated carbocycles. The van der Waals surface area contributed by atoms with Gasteiger partial charge in [-0.25, -0.2) is 17.8 Å². The highest BCUT2D eigenvalue weighted by Gasteiger charge is 2.31. The molecule has 0 aliphatic carbocycles. The van der Waals surface area contributed by atoms with E-state index in [9.17, 15) is 17.6 Å². The number of halogens is 2. The summed E-state index contributed by atoms with van der Waals surface area (Å²) in [5.74, 6) is -1.23. The van der Waals surface area contributed by atoms with Crippen LogP contribution in [0.2, 0.25) is 5.02 Å². The Hall–Kier alpha value is -1.97. The zero-order chi connectivity index (χ0) is 18.9. The van der Waals surface area contributed by atoms with Gasteiger partial charge in [-0.15, -0.1) is 0 Å². The quantitative estimate of drug-likeness (QED) is 0.786. The van der Waals surface area contributed by atoms with E-state index in [-0.39, 0.29) is 35.2 Å². The minimum absolute atomic E-state index is 0.0306. The van der Waals surface area contributed by atoms with Gasteiger partial charge in [0.05, 0.1) is 16.9 Å². The molecule has 2 aromatic rings. The number of imidazole rings is 1. The Bertz CT molecular complexity index is 911. The van der Waals surface area contributed by atoms with Crippen LogP contribution in [0.3, 0.4) is 0 Å². The van der Waals surface area contributed by atoms with E-state index in [0.29, 0.717) is 13.0 Å². The van der Waals surface area contributed by atoms with Crippen molar-refractivity contribution in [2.45, 2.75) is 11.4 Å². The van der Waals surface area contributed by atoms with Crippen LogP contribution >= 0.6 is 11.6 Å². The largest absolute Gasteiger partial charge is 0.339 e. The average Bonchev–Trinajstić information content (AvgIpc) is 2.88. The monoisotopic (exact) mass is 400 g/mol. The van der Waals surface area contributed by atoms with Crippen LogP contribution in [0.1, 0.15) is 16.8 Å². The number of hydrogen-bond donors (Lipinski definition) is 0. The Morgan fingerprint density at radius 3 is 2.65 bits per heavy atom. The SMILES string of the molecule is Cn1cnc(S(=O)(=O)N2CCCN(C(=O)c3c(F)cccc3Cl)CC2)c1. The molecule has 0 N–H and O–H groups in total. The third kappa shape index (κ3) is 3.60. The Labute approximate surface area is 156 Å². The van der Waals surface area contributed by atoms with Gasteiger partial charge in [0.25, 0.3) is 15.9 Å². The Morgan fingerprint density at radius 1 is 1.23 bits per heavy atom. The highest BCUT2D eigenvalue weighted by molar-refractivity contribution is 7.89. The molecule has 0 bridgehead atoms. The Kier molecular flexibility index (Phi) is 5.31. The number of rotatable bonds is 3. The summed E-state index contributed by atoms with van der Waals surface area (Å²) in [4.78, 5) is 18.0. The molecule has 1 aromatic carbocycles. The average molecular weight is 401 g/mol. The number of hydrogen-bond acceptors (Lipinski definition) is 4. The molecule has 3 rings (SSSR count). The number of carbonyl (C=O) groups excluding carboxylic acids is 1. The van der Waals surface area contributed by atoms with Crippen molar-refractivity contribution in [2.75, 3.05) is 26.2 Å². The smallest absolute Gasteiger partial charge is 0.262 e. The molecule has 0 spiro atoms. The molecule has 1 aliphatic heterocycles. The molecule has 1 aliphatic rings. The van der Waals surface area contributed by atoms with Crippen LogP contribution < -0.4 is 0 Å². The van der Waals surface area contributed by atoms with Gasteiger partial charge in [-0.05, 0) is 18.6 Å². The molecule has 1 amide bonds. The van der Waals surface area contributed by atoms with Crippen molar-refractivity contribution >= 4 is 27.5 Å². The molecule has 0 radical (unpaired) electrons. The number of carbonyl (C=O) groups is 1. The standard InChI is InChI=1S/C16H18ClFN4O3S/c1-20-10-14(19-11-20)26(24,25)22-7-3-6-21(8-9-22)16(23)15-12(17)4-2-5-13(15)18/h2,4-5,10-11H,3,6-9H2,1H3. The Balaban J connectivity index is 1.77. The van der Waals surface area contributed by atoms with Gasteiger partial charge < -0.3 is 9.47 Å². The summed E-state index contributed by atoms with van der Waals surface area (Å²) < 4.78 is 42.2. The van der Waals surface area contributed by atoms with Crippen molar-refractivity contribution in [1.82, 2.24) is 18.8 Å². The number of aromatic nitrogens is 2. The molecule has 2 heterocycles. The first kappa shape index (κ1) is 18.8. The fourth-order valence-electron chi connectivity index (χ4n) is 2.85. The topological polar surface area (TPSA) is 75.5 Å². The lowest BCUT2D eigenvalue weighted by Crippen LogP contribution is -2.37. The van der Waals surface area contributed by atoms with Crippen LogP contribution in [-0.4, -0.2) is 59.3 Å². The molecule has 1 fully saturated rings. The van der Waals surface area contributed by atoms with E-state index in [1.165, 1.54) is 39.9 Å². The number of nitrogens with zero attached hydrogens (tertiary/aromatic N) is 4. The molecule has 7 nitrogen and oxygen atoms in total. The van der Waals surface area contributed by atoms with E-state index < -0.39 is 21.7 Å². The minimum Gasteiger partial charge on any atom is -0.339 e. The number of benzene rings is 1. The molecule has 140 valence electrons. The van der Waals surface area contributed by atoms with E-state index in [1.54, 1.807) is 11.6 Å². The summed E-state index contributed by atoms with van der Waals surface area (Å²) in [6.07, 6.45) is 3.28. The van der Waals surface area contributed by atoms with Crippen molar-refractivity contribution in [3.8, 4) is 0 Å². The van der Waals surface area contributed by atoms with Crippen LogP contribution in [0.15, 0.2) is 35.7 Å². The minimum atomic E-state index is -3.73. The van der Waals surface area contributed by atoms with Gasteiger partial charge in [0.2, 0.25) is 0 Å². The van der Waals surface area contributed by atoms with Crippen LogP contribution in [0.5, 0.6) is 0 Å². The predicted octanol–water partition coefficient (Wildman–Crippen LogP) is 1.75. The second-order valence-corrected chi connectivity index (χ2v) is 8.32. The highest BCUT2D eigenvalue weighted by atomic mass is 35.5. The maximum absolute atomic E-state index is 14.0. The number of sulfonamides is 1. The fraction of sp³-hybridized carbons (Fsp3) is 0.375. The predicted molar refractivity (Wildman–Crippen MR) is 93.9 cm³/mol. The van der Waals surface area contributed by atoms with Gasteiger partial charge in [-0.3, -0.25) is 4.79 Å². The maximum atomic E-state index is 14.0. The van der Waals surface area contributed by atoms with Crippen molar-refractivity contribution in [1.29, 1.82) is 0 Å². The van der Waals surface area contributed by atoms with E-state index in [1.807, 2.05) is 0 Å². The lowest BCUT2D eigenvalue weighted by atomic mass is 10.1. The van der Waals surface area contributed by atoms with Crippen LogP contribution in [0, 0.1) is 5.82 Å². The van der Waals surface area contributed by atoms with Crippen LogP contribution in [-0.2, 0) is 17.1 Å². The van der Waals surface area contributed by atoms with Gasteiger partial charge in [0.1, 0.15) is 5.82 Å². The van der Waals surface area contributed by atoms with Gasteiger partial charge in [-0.1, -0.05) is 17.7 Å². The van der Waals surface area contributed by atoms with Crippen LogP contribution in [0.25, 0.3) is 0 Å². The summed E-state index contributed by atoms with van der Waals surface area (Å²) in [5.41, 5.74) is -0.185. The lowest BCUT2D eigenvalue weighted by molar-refractivity contribution is 0.0759. The molecular formula is C16H18ClFN4O3S. The number of aryl methyl sites for hydroxylation is 1. The van der Waals surface area contributed by atoms with Gasteiger partial charge >= 0.3 is 0 Å². The molecule has 0 atom stereocenters. The van der Waals surface area contributed by atoms with Crippen molar-refractivity contribution in [2.24, 2.45) is 7.05 Å². The van der Waals surface area contributed by atoms with Crippen molar-refractivity contribution in [3.05, 3.63) is 47.1 Å². The summed E-state index contributed by atoms with van der Waals surface area (Å²) in [5, 5.41) is 0.00846. The second kappa shape index (κ2) is 7.34. The van der Waals surface area contributed by atoms with Gasteiger partial charge in [0.15, 0.2) is 5.03 Å². The second-order valence-electron chi connectivity index (χ2n) is 6.02. The van der Waals surface area contributed by atoms with Gasteiger partial charge in [-0.2, -0.15) is 4.31 Å². The molecular weight excluding hydrogens is 383 g/mol. The summed E-state index contributed by atoms with van der Waals surface area (Å²) >= 11 is 5.96. The normalized spacial score (nSPS) is 16.5. The Morgan fingerprint density at radius 2 is 2.00 bits per heavy atom. The molecule has 1 saturated heterocycles. The first-order valence-electron chi connectivity index (χ1n) is 8.02. The molecule has 0 unspecified atom stereocenters. The van der Waals surface area contributed by atoms with E-state index in [2.05, 4.69) is 4.98 Å². The molecule has 10 heteroatoms. The van der Waals surface area contributed by atoms with Crippen molar-refractivity contribution < 1.29 is 17.6 Å². The summed E-state index contributed by atoms with van der Waals surface area (Å²) in [6, 6.07) is 4.06. The summed E-state index contributed by atoms with van der Waals surface area (Å²) in [7, 11) is -2.04. The van der Waals surface area contributed by atoms with Gasteiger partial charge in [0, 0.05) is 39.4 Å². The third-order valence-corrected chi connectivity index (χ3v) is 6.30. The molecule has 26 heavy (non-hydrogen) atoms. The van der Waals surface area contributed by atoms with E-state index >= 15 is 0 Å². The summed E-state index contributed by atoms with van der Waals surface area (Å²) in [6.45, 7) is 0.831. The lowest BCUT2D eigenvalue weighted by Gasteiger charge is -2.22. The first-order valence-corrected chi connectivity index (χ1v) is 9.84. The maximum Gasteiger partial charge on any atom is 0.262 e. The first-order chi connectivity index (χ1) is 12.3. The highest BCUT2D eigenvalue weighted by Crippen LogP contribution is 2.22. The van der Waals surface area contributed by atoms with Crippen molar-refractivity contribution in [3.63, 3.8) is 0 Å². The fourth-order valence-corrected chi connectivity index (χ4v) is 4.53. The van der Waals surface area contributed by atoms with E-state index in [4.69, 9.17) is 11.6 Å². The zero-order valence-corrected chi connectivity index (χ0v) is 15.7. The number of amides is 1. The zero-order valence-electron chi connectivity index (χ0n) is 14.1. The third-order valence-electron chi connectivity index (χ3n) is 4.20. The molecule has 1 aromatic heterocycles. The van der Waals surface area contributed by atoms with Crippen LogP contribution in [0.4, 0.5) is 4.39 Å². The van der Waals surface area contributed by atoms with E-state index in [0.717, 1.165) is 0 Å².